The number of hydrogen-bond acceptors (Lipinski definition) is 2. The van der Waals surface area contributed by atoms with Gasteiger partial charge in [0, 0.05) is 12.5 Å². The second kappa shape index (κ2) is 3.92. The minimum Gasteiger partial charge on any atom is -0.396 e. The lowest BCUT2D eigenvalue weighted by atomic mass is 10.1. The van der Waals surface area contributed by atoms with E-state index in [-0.39, 0.29) is 17.6 Å². The molecule has 0 aliphatic heterocycles. The normalized spacial score (nSPS) is 13.4. The number of carbonyl (C=O) groups excluding carboxylic acids is 1. The van der Waals surface area contributed by atoms with Gasteiger partial charge in [0.25, 0.3) is 0 Å². The number of aliphatic hydroxyl groups is 1. The molecule has 0 aromatic carbocycles. The molecular formula is C5H10O2S. The topological polar surface area (TPSA) is 37.3 Å². The summed E-state index contributed by atoms with van der Waals surface area (Å²) in [5.74, 6) is -0.108. The van der Waals surface area contributed by atoms with Crippen molar-refractivity contribution < 1.29 is 9.90 Å². The highest BCUT2D eigenvalue weighted by molar-refractivity contribution is 7.96. The lowest BCUT2D eigenvalue weighted by Crippen LogP contribution is -2.05. The molecule has 3 heteroatoms. The van der Waals surface area contributed by atoms with E-state index in [1.165, 1.54) is 0 Å². The second-order valence-electron chi connectivity index (χ2n) is 1.75. The molecule has 2 nitrogen and oxygen atoms in total. The van der Waals surface area contributed by atoms with Crippen molar-refractivity contribution in [2.45, 2.75) is 13.3 Å². The van der Waals surface area contributed by atoms with Crippen molar-refractivity contribution in [3.05, 3.63) is 0 Å². The zero-order valence-electron chi connectivity index (χ0n) is 4.79. The summed E-state index contributed by atoms with van der Waals surface area (Å²) >= 11 is 3.58. The van der Waals surface area contributed by atoms with Crippen LogP contribution in [-0.4, -0.2) is 16.8 Å². The molecule has 0 aromatic heterocycles. The molecule has 0 aromatic rings. The van der Waals surface area contributed by atoms with Gasteiger partial charge in [0.1, 0.15) is 0 Å². The molecule has 1 atom stereocenters. The molecular weight excluding hydrogens is 124 g/mol. The van der Waals surface area contributed by atoms with Crippen molar-refractivity contribution in [3.63, 3.8) is 0 Å². The second-order valence-corrected chi connectivity index (χ2v) is 2.19. The Morgan fingerprint density at radius 2 is 2.38 bits per heavy atom. The van der Waals surface area contributed by atoms with Gasteiger partial charge in [-0.05, 0) is 6.42 Å². The van der Waals surface area contributed by atoms with E-state index in [0.29, 0.717) is 6.42 Å². The summed E-state index contributed by atoms with van der Waals surface area (Å²) in [5.41, 5.74) is 0. The fourth-order valence-electron chi connectivity index (χ4n) is 0.317. The van der Waals surface area contributed by atoms with Crippen molar-refractivity contribution >= 4 is 17.7 Å². The van der Waals surface area contributed by atoms with Gasteiger partial charge >= 0.3 is 0 Å². The van der Waals surface area contributed by atoms with Crippen molar-refractivity contribution in [1.29, 1.82) is 0 Å². The van der Waals surface area contributed by atoms with Gasteiger partial charge in [-0.3, -0.25) is 4.79 Å². The molecule has 0 saturated carbocycles. The molecule has 0 bridgehead atoms. The third-order valence-corrected chi connectivity index (χ3v) is 1.42. The largest absolute Gasteiger partial charge is 0.396 e. The van der Waals surface area contributed by atoms with Crippen LogP contribution in [0, 0.1) is 5.92 Å². The Bertz CT molecular complexity index is 82.5. The summed E-state index contributed by atoms with van der Waals surface area (Å²) in [7, 11) is 0. The maximum atomic E-state index is 10.3. The Morgan fingerprint density at radius 3 is 2.50 bits per heavy atom. The van der Waals surface area contributed by atoms with Crippen LogP contribution < -0.4 is 0 Å². The molecule has 0 aliphatic rings. The Balaban J connectivity index is 3.32. The van der Waals surface area contributed by atoms with Crippen molar-refractivity contribution in [3.8, 4) is 0 Å². The molecule has 1 N–H and O–H groups in total. The van der Waals surface area contributed by atoms with E-state index in [2.05, 4.69) is 12.6 Å². The zero-order chi connectivity index (χ0) is 6.57. The van der Waals surface area contributed by atoms with Crippen LogP contribution in [0.4, 0.5) is 0 Å². The average molecular weight is 134 g/mol. The Hall–Kier alpha value is -0.0200. The lowest BCUT2D eigenvalue weighted by molar-refractivity contribution is -0.114. The Labute approximate surface area is 54.3 Å². The number of hydrogen-bond donors (Lipinski definition) is 2. The zero-order valence-corrected chi connectivity index (χ0v) is 5.69. The maximum Gasteiger partial charge on any atom is 0.188 e. The fraction of sp³-hybridized carbons (Fsp3) is 0.800. The third-order valence-electron chi connectivity index (χ3n) is 0.984. The molecule has 0 rings (SSSR count). The van der Waals surface area contributed by atoms with E-state index in [1.807, 2.05) is 0 Å². The highest BCUT2D eigenvalue weighted by atomic mass is 32.1. The Kier molecular flexibility index (Phi) is 3.91. The summed E-state index contributed by atoms with van der Waals surface area (Å²) in [6, 6.07) is 0. The van der Waals surface area contributed by atoms with E-state index < -0.39 is 0 Å². The van der Waals surface area contributed by atoms with Crippen molar-refractivity contribution in [1.82, 2.24) is 0 Å². The molecule has 0 radical (unpaired) electrons. The highest BCUT2D eigenvalue weighted by Gasteiger charge is 2.05. The number of carbonyl (C=O) groups is 1. The quantitative estimate of drug-likeness (QED) is 0.550. The summed E-state index contributed by atoms with van der Waals surface area (Å²) in [6.45, 7) is 1.80. The van der Waals surface area contributed by atoms with E-state index in [0.717, 1.165) is 0 Å². The molecule has 8 heavy (non-hydrogen) atoms. The van der Waals surface area contributed by atoms with Gasteiger partial charge in [-0.2, -0.15) is 0 Å². The van der Waals surface area contributed by atoms with Crippen LogP contribution in [0.2, 0.25) is 0 Å². The average Bonchev–Trinajstić information content (AvgIpc) is 1.67. The summed E-state index contributed by atoms with van der Waals surface area (Å²) in [5, 5.41) is 8.15. The van der Waals surface area contributed by atoms with Crippen molar-refractivity contribution in [2.24, 2.45) is 5.92 Å². The van der Waals surface area contributed by atoms with Gasteiger partial charge in [-0.1, -0.05) is 6.92 Å². The molecule has 0 spiro atoms. The predicted octanol–water partition coefficient (Wildman–Crippen LogP) is 0.461. The first-order valence-electron chi connectivity index (χ1n) is 2.52. The number of rotatable bonds is 3. The molecule has 0 fully saturated rings. The molecule has 0 amide bonds. The van der Waals surface area contributed by atoms with E-state index in [4.69, 9.17) is 5.11 Å². The summed E-state index contributed by atoms with van der Waals surface area (Å²) in [6.07, 6.45) is 0.516. The molecule has 0 heterocycles. The van der Waals surface area contributed by atoms with Gasteiger partial charge in [0.05, 0.1) is 0 Å². The van der Waals surface area contributed by atoms with E-state index in [1.54, 1.807) is 6.92 Å². The van der Waals surface area contributed by atoms with Gasteiger partial charge in [0.2, 0.25) is 0 Å². The molecule has 0 saturated heterocycles. The first kappa shape index (κ1) is 7.98. The molecule has 1 unspecified atom stereocenters. The highest BCUT2D eigenvalue weighted by Crippen LogP contribution is 2.03. The third kappa shape index (κ3) is 3.04. The Morgan fingerprint density at radius 1 is 1.88 bits per heavy atom. The van der Waals surface area contributed by atoms with Gasteiger partial charge < -0.3 is 5.11 Å². The lowest BCUT2D eigenvalue weighted by Gasteiger charge is -2.00. The van der Waals surface area contributed by atoms with Crippen LogP contribution in [0.15, 0.2) is 0 Å². The fourth-order valence-corrected chi connectivity index (χ4v) is 0.446. The first-order chi connectivity index (χ1) is 3.68. The molecule has 0 aliphatic carbocycles. The van der Waals surface area contributed by atoms with E-state index in [9.17, 15) is 4.79 Å². The van der Waals surface area contributed by atoms with Crippen LogP contribution in [-0.2, 0) is 4.79 Å². The van der Waals surface area contributed by atoms with Crippen LogP contribution in [0.5, 0.6) is 0 Å². The standard InChI is InChI=1S/C5H10O2S/c1-4(2-3-6)5(7)8/h4,6H,2-3H2,1H3,(H,7,8). The van der Waals surface area contributed by atoms with E-state index >= 15 is 0 Å². The minimum absolute atomic E-state index is 0.0630. The van der Waals surface area contributed by atoms with Gasteiger partial charge in [-0.25, -0.2) is 0 Å². The SMILES string of the molecule is CC(CCO)C(=O)S. The minimum atomic E-state index is -0.154. The van der Waals surface area contributed by atoms with Crippen molar-refractivity contribution in [2.75, 3.05) is 6.61 Å². The first-order valence-corrected chi connectivity index (χ1v) is 2.97. The van der Waals surface area contributed by atoms with Crippen LogP contribution in [0.25, 0.3) is 0 Å². The summed E-state index contributed by atoms with van der Waals surface area (Å²) in [4.78, 5) is 10.3. The van der Waals surface area contributed by atoms with Gasteiger partial charge in [0.15, 0.2) is 5.12 Å². The van der Waals surface area contributed by atoms with Crippen LogP contribution in [0.3, 0.4) is 0 Å². The smallest absolute Gasteiger partial charge is 0.188 e. The van der Waals surface area contributed by atoms with Crippen LogP contribution >= 0.6 is 12.6 Å². The maximum absolute atomic E-state index is 10.3. The predicted molar refractivity (Wildman–Crippen MR) is 34.9 cm³/mol. The number of thiol groups is 1. The van der Waals surface area contributed by atoms with Gasteiger partial charge in [-0.15, -0.1) is 12.6 Å². The number of aliphatic hydroxyl groups excluding tert-OH is 1. The van der Waals surface area contributed by atoms with Crippen LogP contribution in [0.1, 0.15) is 13.3 Å². The summed E-state index contributed by atoms with van der Waals surface area (Å²) < 4.78 is 0. The molecule has 48 valence electrons. The monoisotopic (exact) mass is 134 g/mol.